The summed E-state index contributed by atoms with van der Waals surface area (Å²) in [4.78, 5) is 4.26. The quantitative estimate of drug-likeness (QED) is 0.462. The third kappa shape index (κ3) is 1.44. The van der Waals surface area contributed by atoms with E-state index in [2.05, 4.69) is 31.1 Å². The van der Waals surface area contributed by atoms with Crippen molar-refractivity contribution in [3.63, 3.8) is 0 Å². The molecule has 0 fully saturated rings. The molecule has 1 radical (unpaired) electrons. The molecule has 0 amide bonds. The van der Waals surface area contributed by atoms with Gasteiger partial charge in [-0.2, -0.15) is 0 Å². The smallest absolute Gasteiger partial charge is 0.123 e. The van der Waals surface area contributed by atoms with Gasteiger partial charge in [-0.15, -0.1) is 0 Å². The molecule has 1 aliphatic rings. The summed E-state index contributed by atoms with van der Waals surface area (Å²) in [5, 5.41) is 4.26. The molecule has 0 atom stereocenters. The Balaban J connectivity index is 2.61. The molecule has 1 aliphatic heterocycles. The van der Waals surface area contributed by atoms with E-state index in [9.17, 15) is 0 Å². The third-order valence-corrected chi connectivity index (χ3v) is 1.29. The second-order valence-corrected chi connectivity index (χ2v) is 3.34. The number of hydrogen-bond donors (Lipinski definition) is 0. The van der Waals surface area contributed by atoms with Crippen molar-refractivity contribution < 1.29 is 0 Å². The molecule has 0 aliphatic carbocycles. The van der Waals surface area contributed by atoms with Crippen LogP contribution >= 0.6 is 0 Å². The zero-order valence-electron chi connectivity index (χ0n) is 6.31. The van der Waals surface area contributed by atoms with Gasteiger partial charge in [-0.05, 0) is 0 Å². The molecule has 0 spiro atoms. The number of aliphatic imine (C=N–C) groups is 1. The Morgan fingerprint density at radius 3 is 2.11 bits per heavy atom. The molecule has 1 heterocycles. The minimum atomic E-state index is 0.163. The van der Waals surface area contributed by atoms with Crippen molar-refractivity contribution in [2.24, 2.45) is 10.4 Å². The van der Waals surface area contributed by atoms with Gasteiger partial charge < -0.3 is 0 Å². The van der Waals surface area contributed by atoms with Crippen LogP contribution in [-0.4, -0.2) is 18.9 Å². The summed E-state index contributed by atoms with van der Waals surface area (Å²) in [5.41, 5.74) is 0.163. The summed E-state index contributed by atoms with van der Waals surface area (Å²) < 4.78 is 0. The van der Waals surface area contributed by atoms with Gasteiger partial charge in [0.15, 0.2) is 0 Å². The van der Waals surface area contributed by atoms with E-state index in [0.29, 0.717) is 0 Å². The normalized spacial score (nSPS) is 19.2. The molecule has 2 nitrogen and oxygen atoms in total. The Morgan fingerprint density at radius 1 is 1.22 bits per heavy atom. The highest BCUT2D eigenvalue weighted by molar-refractivity contribution is 5.87. The van der Waals surface area contributed by atoms with Crippen LogP contribution in [0.5, 0.6) is 0 Å². The van der Waals surface area contributed by atoms with Crippen LogP contribution in [0.3, 0.4) is 0 Å². The Bertz CT molecular complexity index is 130. The average Bonchev–Trinajstić information content (AvgIpc) is 2.08. The SMILES string of the molecule is CC(C)(C)C1=NCC[N]1. The Kier molecular flexibility index (Phi) is 1.47. The molecular weight excluding hydrogens is 112 g/mol. The highest BCUT2D eigenvalue weighted by atomic mass is 15.1. The standard InChI is InChI=1S/C7H13N2/c1-7(2,3)6-8-4-5-9-6/h4-5H2,1-3H3. The van der Waals surface area contributed by atoms with E-state index in [1.807, 2.05) is 0 Å². The monoisotopic (exact) mass is 125 g/mol. The number of amidine groups is 1. The fourth-order valence-corrected chi connectivity index (χ4v) is 0.836. The Hall–Kier alpha value is -0.530. The van der Waals surface area contributed by atoms with E-state index in [0.717, 1.165) is 18.9 Å². The minimum Gasteiger partial charge on any atom is -0.268 e. The maximum atomic E-state index is 4.26. The first-order chi connectivity index (χ1) is 4.11. The molecule has 9 heavy (non-hydrogen) atoms. The molecule has 0 aromatic heterocycles. The molecule has 0 saturated heterocycles. The molecule has 1 rings (SSSR count). The minimum absolute atomic E-state index is 0.163. The van der Waals surface area contributed by atoms with Crippen LogP contribution in [0.15, 0.2) is 4.99 Å². The predicted octanol–water partition coefficient (Wildman–Crippen LogP) is 1.05. The topological polar surface area (TPSA) is 26.5 Å². The van der Waals surface area contributed by atoms with Crippen LogP contribution in [0.1, 0.15) is 20.8 Å². The lowest BCUT2D eigenvalue weighted by molar-refractivity contribution is 0.573. The molecule has 0 bridgehead atoms. The molecule has 0 aromatic rings. The van der Waals surface area contributed by atoms with Gasteiger partial charge in [0.05, 0.1) is 13.1 Å². The Morgan fingerprint density at radius 2 is 1.89 bits per heavy atom. The molecular formula is C7H13N2. The van der Waals surface area contributed by atoms with Crippen LogP contribution < -0.4 is 5.32 Å². The first kappa shape index (κ1) is 6.59. The van der Waals surface area contributed by atoms with E-state index in [1.54, 1.807) is 0 Å². The van der Waals surface area contributed by atoms with E-state index in [-0.39, 0.29) is 5.41 Å². The molecule has 0 unspecified atom stereocenters. The van der Waals surface area contributed by atoms with E-state index >= 15 is 0 Å². The lowest BCUT2D eigenvalue weighted by Gasteiger charge is -2.16. The zero-order chi connectivity index (χ0) is 6.91. The van der Waals surface area contributed by atoms with Crippen LogP contribution in [0, 0.1) is 5.41 Å². The van der Waals surface area contributed by atoms with Crippen LogP contribution in [0.25, 0.3) is 0 Å². The van der Waals surface area contributed by atoms with E-state index in [1.165, 1.54) is 0 Å². The van der Waals surface area contributed by atoms with Crippen molar-refractivity contribution in [2.75, 3.05) is 13.1 Å². The summed E-state index contributed by atoms with van der Waals surface area (Å²) in [6.45, 7) is 8.21. The maximum Gasteiger partial charge on any atom is 0.123 e. The maximum absolute atomic E-state index is 4.26. The summed E-state index contributed by atoms with van der Waals surface area (Å²) >= 11 is 0. The van der Waals surface area contributed by atoms with E-state index in [4.69, 9.17) is 0 Å². The van der Waals surface area contributed by atoms with Gasteiger partial charge in [0.1, 0.15) is 5.84 Å². The number of hydrogen-bond acceptors (Lipinski definition) is 1. The van der Waals surface area contributed by atoms with Crippen molar-refractivity contribution in [1.82, 2.24) is 5.32 Å². The third-order valence-electron chi connectivity index (χ3n) is 1.29. The second-order valence-electron chi connectivity index (χ2n) is 3.34. The van der Waals surface area contributed by atoms with Crippen LogP contribution in [0.2, 0.25) is 0 Å². The second kappa shape index (κ2) is 2.01. The van der Waals surface area contributed by atoms with Gasteiger partial charge >= 0.3 is 0 Å². The molecule has 2 heteroatoms. The van der Waals surface area contributed by atoms with Gasteiger partial charge in [-0.25, -0.2) is 0 Å². The van der Waals surface area contributed by atoms with Gasteiger partial charge in [-0.3, -0.25) is 10.3 Å². The van der Waals surface area contributed by atoms with Crippen molar-refractivity contribution in [3.8, 4) is 0 Å². The largest absolute Gasteiger partial charge is 0.268 e. The molecule has 51 valence electrons. The summed E-state index contributed by atoms with van der Waals surface area (Å²) in [5.74, 6) is 1.03. The van der Waals surface area contributed by atoms with Gasteiger partial charge in [0.2, 0.25) is 0 Å². The molecule has 0 N–H and O–H groups in total. The lowest BCUT2D eigenvalue weighted by Crippen LogP contribution is -2.26. The van der Waals surface area contributed by atoms with Crippen molar-refractivity contribution in [1.29, 1.82) is 0 Å². The van der Waals surface area contributed by atoms with E-state index < -0.39 is 0 Å². The average molecular weight is 125 g/mol. The summed E-state index contributed by atoms with van der Waals surface area (Å²) in [7, 11) is 0. The summed E-state index contributed by atoms with van der Waals surface area (Å²) in [6.07, 6.45) is 0. The van der Waals surface area contributed by atoms with Crippen molar-refractivity contribution >= 4 is 5.84 Å². The number of rotatable bonds is 0. The fraction of sp³-hybridized carbons (Fsp3) is 0.857. The Labute approximate surface area is 56.4 Å². The first-order valence-electron chi connectivity index (χ1n) is 3.33. The highest BCUT2D eigenvalue weighted by Gasteiger charge is 2.21. The van der Waals surface area contributed by atoms with Crippen LogP contribution in [-0.2, 0) is 0 Å². The van der Waals surface area contributed by atoms with Crippen LogP contribution in [0.4, 0.5) is 0 Å². The fourth-order valence-electron chi connectivity index (χ4n) is 0.836. The van der Waals surface area contributed by atoms with Gasteiger partial charge in [-0.1, -0.05) is 20.8 Å². The molecule has 0 saturated carbocycles. The zero-order valence-corrected chi connectivity index (χ0v) is 6.31. The highest BCUT2D eigenvalue weighted by Crippen LogP contribution is 2.16. The first-order valence-corrected chi connectivity index (χ1v) is 3.33. The molecule has 0 aromatic carbocycles. The van der Waals surface area contributed by atoms with Gasteiger partial charge in [0.25, 0.3) is 0 Å². The lowest BCUT2D eigenvalue weighted by atomic mass is 9.95. The van der Waals surface area contributed by atoms with Crippen molar-refractivity contribution in [3.05, 3.63) is 0 Å². The van der Waals surface area contributed by atoms with Gasteiger partial charge in [0, 0.05) is 5.41 Å². The summed E-state index contributed by atoms with van der Waals surface area (Å²) in [6, 6.07) is 0. The number of nitrogens with zero attached hydrogens (tertiary/aromatic N) is 2. The predicted molar refractivity (Wildman–Crippen MR) is 38.8 cm³/mol. The van der Waals surface area contributed by atoms with Crippen molar-refractivity contribution in [2.45, 2.75) is 20.8 Å².